The van der Waals surface area contributed by atoms with Crippen LogP contribution in [0.2, 0.25) is 0 Å². The molecule has 1 aliphatic rings. The largest absolute Gasteiger partial charge is 0.461 e. The molecule has 0 unspecified atom stereocenters. The first kappa shape index (κ1) is 14.0. The fourth-order valence-electron chi connectivity index (χ4n) is 1.74. The van der Waals surface area contributed by atoms with Crippen LogP contribution in [0.3, 0.4) is 0 Å². The zero-order valence-electron chi connectivity index (χ0n) is 11.0. The second-order valence-electron chi connectivity index (χ2n) is 4.27. The van der Waals surface area contributed by atoms with E-state index < -0.39 is 0 Å². The van der Waals surface area contributed by atoms with E-state index in [9.17, 15) is 0 Å². The van der Waals surface area contributed by atoms with Gasteiger partial charge in [-0.2, -0.15) is 0 Å². The van der Waals surface area contributed by atoms with Gasteiger partial charge in [-0.25, -0.2) is 0 Å². The molecule has 0 aliphatic carbocycles. The fourth-order valence-corrected chi connectivity index (χ4v) is 2.28. The molecule has 1 aliphatic heterocycles. The first-order valence-corrected chi connectivity index (χ1v) is 7.27. The van der Waals surface area contributed by atoms with Crippen molar-refractivity contribution in [1.82, 2.24) is 0 Å². The van der Waals surface area contributed by atoms with Crippen molar-refractivity contribution in [2.75, 3.05) is 12.1 Å². The normalized spacial score (nSPS) is 17.1. The van der Waals surface area contributed by atoms with Crippen molar-refractivity contribution in [3.05, 3.63) is 52.5 Å². The summed E-state index contributed by atoms with van der Waals surface area (Å²) in [6, 6.07) is 9.98. The Bertz CT molecular complexity index is 468. The molecule has 4 heteroatoms. The number of hydrogen-bond donors (Lipinski definition) is 1. The molecular formula is C15H18BrNO2. The van der Waals surface area contributed by atoms with E-state index in [0.717, 1.165) is 41.0 Å². The van der Waals surface area contributed by atoms with Gasteiger partial charge in [-0.15, -0.1) is 0 Å². The number of rotatable bonds is 5. The van der Waals surface area contributed by atoms with Crippen LogP contribution in [0.1, 0.15) is 26.2 Å². The number of ether oxygens (including phenoxy) is 2. The molecule has 1 N–H and O–H groups in total. The quantitative estimate of drug-likeness (QED) is 0.848. The summed E-state index contributed by atoms with van der Waals surface area (Å²) in [6.07, 6.45) is 5.05. The van der Waals surface area contributed by atoms with E-state index in [1.807, 2.05) is 36.5 Å². The second-order valence-corrected chi connectivity index (χ2v) is 5.06. The van der Waals surface area contributed by atoms with Gasteiger partial charge in [0.15, 0.2) is 5.76 Å². The molecule has 1 heterocycles. The first-order chi connectivity index (χ1) is 9.31. The van der Waals surface area contributed by atoms with Gasteiger partial charge >= 0.3 is 0 Å². The number of benzene rings is 1. The Kier molecular flexibility index (Phi) is 5.33. The van der Waals surface area contributed by atoms with Crippen molar-refractivity contribution in [3.8, 4) is 0 Å². The number of allylic oxidation sites excluding steroid dienone is 2. The summed E-state index contributed by atoms with van der Waals surface area (Å²) in [7, 11) is 0. The number of hydrogen-bond acceptors (Lipinski definition) is 3. The maximum atomic E-state index is 5.52. The smallest absolute Gasteiger partial charge is 0.230 e. The van der Waals surface area contributed by atoms with Crippen LogP contribution < -0.4 is 5.32 Å². The zero-order chi connectivity index (χ0) is 13.5. The number of nitrogens with one attached hydrogen (secondary N) is 1. The molecule has 0 bridgehead atoms. The number of anilines is 1. The zero-order valence-corrected chi connectivity index (χ0v) is 12.6. The van der Waals surface area contributed by atoms with Crippen LogP contribution in [-0.2, 0) is 9.47 Å². The molecule has 19 heavy (non-hydrogen) atoms. The lowest BCUT2D eigenvalue weighted by molar-refractivity contribution is -0.00239. The highest BCUT2D eigenvalue weighted by atomic mass is 79.9. The van der Waals surface area contributed by atoms with Crippen LogP contribution in [0.25, 0.3) is 0 Å². The van der Waals surface area contributed by atoms with Gasteiger partial charge in [0.25, 0.3) is 0 Å². The van der Waals surface area contributed by atoms with Crippen molar-refractivity contribution in [3.63, 3.8) is 0 Å². The summed E-state index contributed by atoms with van der Waals surface area (Å²) in [4.78, 5) is 0. The molecule has 0 aromatic heterocycles. The molecule has 0 amide bonds. The van der Waals surface area contributed by atoms with Gasteiger partial charge in [-0.05, 0) is 34.5 Å². The predicted molar refractivity (Wildman–Crippen MR) is 80.7 cm³/mol. The molecular weight excluding hydrogens is 306 g/mol. The van der Waals surface area contributed by atoms with Crippen LogP contribution in [-0.4, -0.2) is 6.79 Å². The Morgan fingerprint density at radius 2 is 2.05 bits per heavy atom. The molecule has 0 saturated carbocycles. The van der Waals surface area contributed by atoms with E-state index in [1.165, 1.54) is 0 Å². The summed E-state index contributed by atoms with van der Waals surface area (Å²) >= 11 is 3.55. The summed E-state index contributed by atoms with van der Waals surface area (Å²) in [5.74, 6) is 1.75. The molecule has 102 valence electrons. The van der Waals surface area contributed by atoms with Crippen LogP contribution >= 0.6 is 15.9 Å². The Morgan fingerprint density at radius 3 is 2.79 bits per heavy atom. The monoisotopic (exact) mass is 323 g/mol. The third kappa shape index (κ3) is 4.03. The van der Waals surface area contributed by atoms with Crippen LogP contribution in [0, 0.1) is 0 Å². The Morgan fingerprint density at radius 1 is 1.26 bits per heavy atom. The molecule has 2 rings (SSSR count). The summed E-state index contributed by atoms with van der Waals surface area (Å²) in [6.45, 7) is 2.44. The van der Waals surface area contributed by atoms with Crippen LogP contribution in [0.5, 0.6) is 0 Å². The molecule has 0 spiro atoms. The minimum absolute atomic E-state index is 0.274. The van der Waals surface area contributed by atoms with E-state index in [1.54, 1.807) is 0 Å². The third-order valence-electron chi connectivity index (χ3n) is 2.81. The molecule has 3 nitrogen and oxygen atoms in total. The van der Waals surface area contributed by atoms with E-state index >= 15 is 0 Å². The van der Waals surface area contributed by atoms with Gasteiger partial charge in [-0.3, -0.25) is 0 Å². The van der Waals surface area contributed by atoms with Crippen molar-refractivity contribution in [1.29, 1.82) is 0 Å². The van der Waals surface area contributed by atoms with E-state index in [2.05, 4.69) is 28.2 Å². The molecule has 0 atom stereocenters. The van der Waals surface area contributed by atoms with E-state index in [4.69, 9.17) is 9.47 Å². The van der Waals surface area contributed by atoms with Gasteiger partial charge < -0.3 is 14.8 Å². The first-order valence-electron chi connectivity index (χ1n) is 6.47. The van der Waals surface area contributed by atoms with Crippen molar-refractivity contribution >= 4 is 21.6 Å². The lowest BCUT2D eigenvalue weighted by atomic mass is 10.2. The summed E-state index contributed by atoms with van der Waals surface area (Å²) < 4.78 is 11.9. The second kappa shape index (κ2) is 7.24. The highest BCUT2D eigenvalue weighted by molar-refractivity contribution is 9.12. The minimum Gasteiger partial charge on any atom is -0.461 e. The molecule has 1 aromatic rings. The Balaban J connectivity index is 2.06. The SMILES string of the molecule is CCCCC1=C(Br)/C(=C/Nc2ccccc2)OCO1. The predicted octanol–water partition coefficient (Wildman–Crippen LogP) is 4.74. The number of para-hydroxylation sites is 1. The van der Waals surface area contributed by atoms with Crippen molar-refractivity contribution in [2.45, 2.75) is 26.2 Å². The Labute approximate surface area is 122 Å². The molecule has 0 radical (unpaired) electrons. The maximum Gasteiger partial charge on any atom is 0.230 e. The van der Waals surface area contributed by atoms with Crippen LogP contribution in [0.15, 0.2) is 52.5 Å². The standard InChI is InChI=1S/C15H18BrNO2/c1-2-3-9-13-15(16)14(19-11-18-13)10-17-12-7-5-4-6-8-12/h4-8,10,17H,2-3,9,11H2,1H3/b14-10-. The molecule has 0 fully saturated rings. The summed E-state index contributed by atoms with van der Waals surface area (Å²) in [5.41, 5.74) is 1.03. The lowest BCUT2D eigenvalue weighted by Crippen LogP contribution is -2.11. The Hall–Kier alpha value is -1.42. The fraction of sp³-hybridized carbons (Fsp3) is 0.333. The van der Waals surface area contributed by atoms with Gasteiger partial charge in [0.1, 0.15) is 5.76 Å². The van der Waals surface area contributed by atoms with Gasteiger partial charge in [-0.1, -0.05) is 31.5 Å². The lowest BCUT2D eigenvalue weighted by Gasteiger charge is -2.21. The minimum atomic E-state index is 0.274. The van der Waals surface area contributed by atoms with Gasteiger partial charge in [0.2, 0.25) is 6.79 Å². The van der Waals surface area contributed by atoms with Gasteiger partial charge in [0.05, 0.1) is 4.48 Å². The van der Waals surface area contributed by atoms with E-state index in [-0.39, 0.29) is 6.79 Å². The number of unbranched alkanes of at least 4 members (excludes halogenated alkanes) is 1. The summed E-state index contributed by atoms with van der Waals surface area (Å²) in [5, 5.41) is 3.21. The van der Waals surface area contributed by atoms with Crippen molar-refractivity contribution < 1.29 is 9.47 Å². The average Bonchev–Trinajstić information content (AvgIpc) is 2.46. The highest BCUT2D eigenvalue weighted by Gasteiger charge is 2.17. The molecule has 1 aromatic carbocycles. The average molecular weight is 324 g/mol. The topological polar surface area (TPSA) is 30.5 Å². The third-order valence-corrected chi connectivity index (χ3v) is 3.64. The molecule has 0 saturated heterocycles. The van der Waals surface area contributed by atoms with Crippen LogP contribution in [0.4, 0.5) is 5.69 Å². The maximum absolute atomic E-state index is 5.52. The van der Waals surface area contributed by atoms with Gasteiger partial charge in [0, 0.05) is 18.3 Å². The highest BCUT2D eigenvalue weighted by Crippen LogP contribution is 2.30. The van der Waals surface area contributed by atoms with Crippen molar-refractivity contribution in [2.24, 2.45) is 0 Å². The van der Waals surface area contributed by atoms with E-state index in [0.29, 0.717) is 0 Å². The number of halogens is 1.